The molecule has 0 saturated carbocycles. The molecule has 0 fully saturated rings. The summed E-state index contributed by atoms with van der Waals surface area (Å²) < 4.78 is 1.48. The SMILES string of the molecule is O=C(O)c1c(C(=O)O)c2c(Br)cc3ccccc3n2c1C(=O)c1ccccc1[N+](=O)[O-]. The normalized spacial score (nSPS) is 11.0. The van der Waals surface area contributed by atoms with Crippen LogP contribution in [0.5, 0.6) is 0 Å². The molecule has 2 heterocycles. The van der Waals surface area contributed by atoms with E-state index in [0.717, 1.165) is 6.07 Å². The van der Waals surface area contributed by atoms with Crippen LogP contribution in [-0.2, 0) is 0 Å². The maximum atomic E-state index is 13.5. The number of aromatic nitrogens is 1. The number of fused-ring (bicyclic) bond motifs is 3. The molecule has 10 heteroatoms. The van der Waals surface area contributed by atoms with Crippen LogP contribution in [0.4, 0.5) is 5.69 Å². The Morgan fingerprint density at radius 1 is 0.935 bits per heavy atom. The van der Waals surface area contributed by atoms with Crippen molar-refractivity contribution in [2.24, 2.45) is 0 Å². The molecule has 0 spiro atoms. The van der Waals surface area contributed by atoms with E-state index in [9.17, 15) is 34.7 Å². The molecule has 4 aromatic rings. The van der Waals surface area contributed by atoms with Crippen molar-refractivity contribution in [2.45, 2.75) is 0 Å². The van der Waals surface area contributed by atoms with E-state index in [1.807, 2.05) is 0 Å². The number of nitrogens with zero attached hydrogens (tertiary/aromatic N) is 2. The van der Waals surface area contributed by atoms with Crippen LogP contribution in [0.15, 0.2) is 59.1 Å². The lowest BCUT2D eigenvalue weighted by Gasteiger charge is -2.09. The van der Waals surface area contributed by atoms with E-state index in [2.05, 4.69) is 15.9 Å². The van der Waals surface area contributed by atoms with Gasteiger partial charge in [0.1, 0.15) is 22.4 Å². The van der Waals surface area contributed by atoms with Gasteiger partial charge in [0, 0.05) is 10.5 Å². The molecule has 9 nitrogen and oxygen atoms in total. The second kappa shape index (κ2) is 7.33. The van der Waals surface area contributed by atoms with E-state index in [1.54, 1.807) is 30.3 Å². The van der Waals surface area contributed by atoms with Crippen molar-refractivity contribution in [1.29, 1.82) is 0 Å². The molecule has 0 amide bonds. The van der Waals surface area contributed by atoms with Gasteiger partial charge in [-0.3, -0.25) is 14.9 Å². The Hall–Kier alpha value is -4.05. The molecule has 0 aliphatic carbocycles. The van der Waals surface area contributed by atoms with Gasteiger partial charge in [0.15, 0.2) is 0 Å². The number of aromatic carboxylic acids is 2. The number of nitro benzene ring substituents is 1. The third-order valence-electron chi connectivity index (χ3n) is 4.85. The summed E-state index contributed by atoms with van der Waals surface area (Å²) in [6.45, 7) is 0. The number of carboxylic acid groups (broad SMARTS) is 2. The lowest BCUT2D eigenvalue weighted by Crippen LogP contribution is -2.14. The van der Waals surface area contributed by atoms with Gasteiger partial charge in [-0.05, 0) is 39.5 Å². The molecular formula is C21H11BrN2O7. The van der Waals surface area contributed by atoms with Crippen molar-refractivity contribution in [3.05, 3.63) is 91.6 Å². The lowest BCUT2D eigenvalue weighted by atomic mass is 10.0. The van der Waals surface area contributed by atoms with Gasteiger partial charge in [0.25, 0.3) is 5.69 Å². The van der Waals surface area contributed by atoms with Crippen LogP contribution in [0.2, 0.25) is 0 Å². The minimum absolute atomic E-state index is 0.0365. The molecule has 4 rings (SSSR count). The molecule has 0 bridgehead atoms. The molecule has 0 atom stereocenters. The summed E-state index contributed by atoms with van der Waals surface area (Å²) >= 11 is 3.28. The van der Waals surface area contributed by atoms with Crippen LogP contribution in [-0.4, -0.2) is 37.3 Å². The summed E-state index contributed by atoms with van der Waals surface area (Å²) in [6, 6.07) is 13.4. The largest absolute Gasteiger partial charge is 0.478 e. The van der Waals surface area contributed by atoms with Crippen LogP contribution >= 0.6 is 15.9 Å². The van der Waals surface area contributed by atoms with Crippen LogP contribution in [0.3, 0.4) is 0 Å². The number of carboxylic acids is 2. The highest BCUT2D eigenvalue weighted by Crippen LogP contribution is 2.36. The van der Waals surface area contributed by atoms with E-state index in [-0.39, 0.29) is 15.6 Å². The van der Waals surface area contributed by atoms with Crippen molar-refractivity contribution >= 4 is 55.8 Å². The van der Waals surface area contributed by atoms with Crippen molar-refractivity contribution in [3.63, 3.8) is 0 Å². The molecule has 154 valence electrons. The second-order valence-electron chi connectivity index (χ2n) is 6.55. The third-order valence-corrected chi connectivity index (χ3v) is 5.45. The minimum atomic E-state index is -1.64. The molecule has 0 saturated heterocycles. The Morgan fingerprint density at radius 2 is 1.55 bits per heavy atom. The quantitative estimate of drug-likeness (QED) is 0.244. The highest BCUT2D eigenvalue weighted by molar-refractivity contribution is 9.10. The molecule has 31 heavy (non-hydrogen) atoms. The molecule has 2 N–H and O–H groups in total. The third kappa shape index (κ3) is 3.04. The van der Waals surface area contributed by atoms with Gasteiger partial charge in [-0.2, -0.15) is 0 Å². The fraction of sp³-hybridized carbons (Fsp3) is 0. The molecular weight excluding hydrogens is 472 g/mol. The zero-order valence-electron chi connectivity index (χ0n) is 15.4. The van der Waals surface area contributed by atoms with Gasteiger partial charge in [0.2, 0.25) is 5.78 Å². The van der Waals surface area contributed by atoms with Gasteiger partial charge < -0.3 is 14.6 Å². The summed E-state index contributed by atoms with van der Waals surface area (Å²) in [6.07, 6.45) is 0. The fourth-order valence-corrected chi connectivity index (χ4v) is 4.26. The van der Waals surface area contributed by atoms with E-state index in [0.29, 0.717) is 10.9 Å². The number of rotatable bonds is 5. The fourth-order valence-electron chi connectivity index (χ4n) is 3.64. The summed E-state index contributed by atoms with van der Waals surface area (Å²) in [5, 5.41) is 31.7. The highest BCUT2D eigenvalue weighted by Gasteiger charge is 2.35. The van der Waals surface area contributed by atoms with Crippen LogP contribution in [0, 0.1) is 10.1 Å². The van der Waals surface area contributed by atoms with Gasteiger partial charge in [-0.25, -0.2) is 9.59 Å². The Morgan fingerprint density at radius 3 is 2.19 bits per heavy atom. The number of benzene rings is 2. The predicted octanol–water partition coefficient (Wildman–Crippen LogP) is 4.39. The smallest absolute Gasteiger partial charge is 0.338 e. The van der Waals surface area contributed by atoms with Gasteiger partial charge in [-0.15, -0.1) is 0 Å². The number of halogens is 1. The first-order chi connectivity index (χ1) is 14.7. The summed E-state index contributed by atoms with van der Waals surface area (Å²) in [7, 11) is 0. The minimum Gasteiger partial charge on any atom is -0.478 e. The van der Waals surface area contributed by atoms with Crippen molar-refractivity contribution in [1.82, 2.24) is 4.40 Å². The molecule has 0 aliphatic rings. The number of carbonyl (C=O) groups excluding carboxylic acids is 1. The average molecular weight is 483 g/mol. The summed E-state index contributed by atoms with van der Waals surface area (Å²) in [5.74, 6) is -4.16. The van der Waals surface area contributed by atoms with E-state index in [1.165, 1.54) is 22.6 Å². The zero-order valence-corrected chi connectivity index (χ0v) is 17.0. The van der Waals surface area contributed by atoms with Crippen LogP contribution in [0.25, 0.3) is 16.4 Å². The lowest BCUT2D eigenvalue weighted by molar-refractivity contribution is -0.385. The van der Waals surface area contributed by atoms with E-state index < -0.39 is 45.2 Å². The number of ketones is 1. The number of hydrogen-bond donors (Lipinski definition) is 2. The second-order valence-corrected chi connectivity index (χ2v) is 7.40. The molecule has 2 aromatic heterocycles. The zero-order chi connectivity index (χ0) is 22.4. The maximum absolute atomic E-state index is 13.5. The van der Waals surface area contributed by atoms with Gasteiger partial charge in [-0.1, -0.05) is 30.3 Å². The monoisotopic (exact) mass is 482 g/mol. The first kappa shape index (κ1) is 20.2. The Kier molecular flexibility index (Phi) is 4.78. The number of pyridine rings is 1. The highest BCUT2D eigenvalue weighted by atomic mass is 79.9. The van der Waals surface area contributed by atoms with E-state index >= 15 is 0 Å². The van der Waals surface area contributed by atoms with Crippen molar-refractivity contribution in [3.8, 4) is 0 Å². The first-order valence-corrected chi connectivity index (χ1v) is 9.53. The molecule has 0 unspecified atom stereocenters. The number of hydrogen-bond acceptors (Lipinski definition) is 5. The van der Waals surface area contributed by atoms with E-state index in [4.69, 9.17) is 0 Å². The van der Waals surface area contributed by atoms with Gasteiger partial charge in [0.05, 0.1) is 16.0 Å². The predicted molar refractivity (Wildman–Crippen MR) is 113 cm³/mol. The number of para-hydroxylation sites is 2. The standard InChI is InChI=1S/C21H11BrN2O7/c22-12-9-10-5-1-3-7-13(10)23-17(12)15(20(26)27)16(21(28)29)18(23)19(25)11-6-2-4-8-14(11)24(30)31/h1-9H,(H,26,27)(H,28,29). The Balaban J connectivity index is 2.26. The number of nitro groups is 1. The van der Waals surface area contributed by atoms with Gasteiger partial charge >= 0.3 is 11.9 Å². The average Bonchev–Trinajstić information content (AvgIpc) is 3.11. The summed E-state index contributed by atoms with van der Waals surface area (Å²) in [4.78, 5) is 48.4. The Labute approximate surface area is 181 Å². The maximum Gasteiger partial charge on any atom is 0.338 e. The topological polar surface area (TPSA) is 139 Å². The molecule has 0 radical (unpaired) electrons. The van der Waals surface area contributed by atoms with Crippen LogP contribution in [0.1, 0.15) is 36.8 Å². The Bertz CT molecular complexity index is 1460. The van der Waals surface area contributed by atoms with Crippen molar-refractivity contribution in [2.75, 3.05) is 0 Å². The van der Waals surface area contributed by atoms with Crippen LogP contribution < -0.4 is 0 Å². The van der Waals surface area contributed by atoms with Crippen molar-refractivity contribution < 1.29 is 29.5 Å². The molecule has 0 aliphatic heterocycles. The number of carbonyl (C=O) groups is 3. The summed E-state index contributed by atoms with van der Waals surface area (Å²) in [5.41, 5.74) is -2.35. The molecule has 2 aromatic carbocycles. The first-order valence-electron chi connectivity index (χ1n) is 8.74.